The zero-order valence-corrected chi connectivity index (χ0v) is 20.5. The van der Waals surface area contributed by atoms with Crippen LogP contribution < -0.4 is 9.47 Å². The molecule has 1 heterocycles. The van der Waals surface area contributed by atoms with Crippen molar-refractivity contribution in [2.24, 2.45) is 5.41 Å². The van der Waals surface area contributed by atoms with E-state index in [4.69, 9.17) is 14.2 Å². The van der Waals surface area contributed by atoms with E-state index in [0.29, 0.717) is 13.2 Å². The summed E-state index contributed by atoms with van der Waals surface area (Å²) in [5.74, 6) is 1.65. The van der Waals surface area contributed by atoms with Gasteiger partial charge in [-0.15, -0.1) is 0 Å². The summed E-state index contributed by atoms with van der Waals surface area (Å²) in [6.45, 7) is 11.0. The Morgan fingerprint density at radius 3 is 2.60 bits per heavy atom. The van der Waals surface area contributed by atoms with E-state index in [2.05, 4.69) is 30.6 Å². The van der Waals surface area contributed by atoms with Gasteiger partial charge in [-0.05, 0) is 61.3 Å². The SMILES string of the molecule is CCOC(=O)CN1CCc2cc(OC)c(OC)c3c2C12CCCC2(C[Si](C)(C)C)C3. The van der Waals surface area contributed by atoms with E-state index in [-0.39, 0.29) is 16.9 Å². The van der Waals surface area contributed by atoms with Crippen LogP contribution in [0.2, 0.25) is 25.7 Å². The smallest absolute Gasteiger partial charge is 0.320 e. The summed E-state index contributed by atoms with van der Waals surface area (Å²) in [6, 6.07) is 3.46. The number of nitrogens with zero attached hydrogens (tertiary/aromatic N) is 1. The Morgan fingerprint density at radius 1 is 1.20 bits per heavy atom. The van der Waals surface area contributed by atoms with Gasteiger partial charge in [-0.25, -0.2) is 0 Å². The standard InChI is InChI=1S/C24H37NO4Si/c1-7-29-20(26)15-25-12-9-17-13-19(27-2)22(28-3)18-14-23(16-30(4,5)6)10-8-11-24(23,25)21(17)18/h13H,7-12,14-16H2,1-6H3. The molecule has 1 aliphatic heterocycles. The van der Waals surface area contributed by atoms with Crippen LogP contribution in [0.15, 0.2) is 6.07 Å². The second-order valence-electron chi connectivity index (χ2n) is 10.5. The van der Waals surface area contributed by atoms with Gasteiger partial charge in [-0.3, -0.25) is 9.69 Å². The van der Waals surface area contributed by atoms with Crippen LogP contribution in [-0.4, -0.2) is 52.9 Å². The molecule has 1 saturated carbocycles. The fraction of sp³-hybridized carbons (Fsp3) is 0.708. The van der Waals surface area contributed by atoms with Crippen molar-refractivity contribution in [3.63, 3.8) is 0 Å². The Morgan fingerprint density at radius 2 is 1.97 bits per heavy atom. The van der Waals surface area contributed by atoms with Gasteiger partial charge in [0.2, 0.25) is 0 Å². The van der Waals surface area contributed by atoms with E-state index >= 15 is 0 Å². The van der Waals surface area contributed by atoms with Crippen LogP contribution >= 0.6 is 0 Å². The molecule has 166 valence electrons. The van der Waals surface area contributed by atoms with Crippen molar-refractivity contribution in [2.75, 3.05) is 33.9 Å². The molecule has 2 atom stereocenters. The summed E-state index contributed by atoms with van der Waals surface area (Å²) >= 11 is 0. The van der Waals surface area contributed by atoms with Crippen LogP contribution in [0.3, 0.4) is 0 Å². The van der Waals surface area contributed by atoms with Crippen LogP contribution in [0.1, 0.15) is 42.9 Å². The van der Waals surface area contributed by atoms with Gasteiger partial charge < -0.3 is 14.2 Å². The number of methoxy groups -OCH3 is 2. The maximum absolute atomic E-state index is 12.6. The molecule has 2 aliphatic carbocycles. The zero-order valence-electron chi connectivity index (χ0n) is 19.5. The van der Waals surface area contributed by atoms with Gasteiger partial charge in [0.05, 0.1) is 32.9 Å². The van der Waals surface area contributed by atoms with Crippen LogP contribution in [0.25, 0.3) is 0 Å². The average molecular weight is 432 g/mol. The molecule has 1 aromatic rings. The highest BCUT2D eigenvalue weighted by atomic mass is 28.3. The first kappa shape index (κ1) is 21.7. The molecule has 0 amide bonds. The largest absolute Gasteiger partial charge is 0.493 e. The normalized spacial score (nSPS) is 27.5. The molecule has 0 N–H and O–H groups in total. The maximum Gasteiger partial charge on any atom is 0.320 e. The highest BCUT2D eigenvalue weighted by Crippen LogP contribution is 2.69. The molecule has 1 spiro atoms. The quantitative estimate of drug-likeness (QED) is 0.473. The molecule has 6 heteroatoms. The number of carbonyl (C=O) groups is 1. The lowest BCUT2D eigenvalue weighted by atomic mass is 9.69. The molecule has 0 bridgehead atoms. The topological polar surface area (TPSA) is 48.0 Å². The Bertz CT molecular complexity index is 849. The molecule has 1 fully saturated rings. The van der Waals surface area contributed by atoms with Crippen molar-refractivity contribution in [3.05, 3.63) is 22.8 Å². The Hall–Kier alpha value is -1.53. The average Bonchev–Trinajstić information content (AvgIpc) is 3.13. The fourth-order valence-corrected chi connectivity index (χ4v) is 9.74. The van der Waals surface area contributed by atoms with Gasteiger partial charge in [0.25, 0.3) is 0 Å². The Balaban J connectivity index is 1.92. The summed E-state index contributed by atoms with van der Waals surface area (Å²) in [6.07, 6.45) is 5.52. The monoisotopic (exact) mass is 431 g/mol. The lowest BCUT2D eigenvalue weighted by molar-refractivity contribution is -0.148. The lowest BCUT2D eigenvalue weighted by Gasteiger charge is -2.53. The van der Waals surface area contributed by atoms with E-state index < -0.39 is 8.07 Å². The van der Waals surface area contributed by atoms with Crippen LogP contribution in [0, 0.1) is 5.41 Å². The third kappa shape index (κ3) is 3.10. The summed E-state index contributed by atoms with van der Waals surface area (Å²) in [7, 11) is 2.13. The first-order valence-corrected chi connectivity index (χ1v) is 15.1. The van der Waals surface area contributed by atoms with Crippen LogP contribution in [0.4, 0.5) is 0 Å². The predicted octanol–water partition coefficient (Wildman–Crippen LogP) is 4.38. The van der Waals surface area contributed by atoms with E-state index in [1.54, 1.807) is 14.2 Å². The number of ether oxygens (including phenoxy) is 3. The summed E-state index contributed by atoms with van der Waals surface area (Å²) in [4.78, 5) is 15.1. The van der Waals surface area contributed by atoms with Crippen molar-refractivity contribution < 1.29 is 19.0 Å². The van der Waals surface area contributed by atoms with Crippen molar-refractivity contribution in [1.29, 1.82) is 0 Å². The van der Waals surface area contributed by atoms with Gasteiger partial charge >= 0.3 is 5.97 Å². The minimum absolute atomic E-state index is 0.0808. The zero-order chi connectivity index (χ0) is 21.7. The molecule has 30 heavy (non-hydrogen) atoms. The van der Waals surface area contributed by atoms with Crippen LogP contribution in [0.5, 0.6) is 11.5 Å². The van der Waals surface area contributed by atoms with Gasteiger partial charge in [-0.1, -0.05) is 26.1 Å². The van der Waals surface area contributed by atoms with Crippen molar-refractivity contribution in [3.8, 4) is 11.5 Å². The molecular weight excluding hydrogens is 394 g/mol. The number of hydrogen-bond donors (Lipinski definition) is 0. The molecule has 4 rings (SSSR count). The number of hydrogen-bond acceptors (Lipinski definition) is 5. The number of esters is 1. The molecule has 5 nitrogen and oxygen atoms in total. The first-order chi connectivity index (χ1) is 14.2. The predicted molar refractivity (Wildman–Crippen MR) is 121 cm³/mol. The van der Waals surface area contributed by atoms with Crippen molar-refractivity contribution in [1.82, 2.24) is 4.90 Å². The van der Waals surface area contributed by atoms with Crippen LogP contribution in [-0.2, 0) is 27.9 Å². The minimum Gasteiger partial charge on any atom is -0.493 e. The lowest BCUT2D eigenvalue weighted by Crippen LogP contribution is -2.58. The summed E-state index contributed by atoms with van der Waals surface area (Å²) < 4.78 is 17.0. The molecule has 2 unspecified atom stereocenters. The summed E-state index contributed by atoms with van der Waals surface area (Å²) in [5.41, 5.74) is 4.26. The van der Waals surface area contributed by atoms with Gasteiger partial charge in [0, 0.05) is 20.2 Å². The second-order valence-corrected chi connectivity index (χ2v) is 16.0. The third-order valence-corrected chi connectivity index (χ3v) is 9.27. The maximum atomic E-state index is 12.6. The van der Waals surface area contributed by atoms with E-state index in [9.17, 15) is 4.79 Å². The molecular formula is C24H37NO4Si. The van der Waals surface area contributed by atoms with Crippen molar-refractivity contribution >= 4 is 14.0 Å². The fourth-order valence-electron chi connectivity index (χ4n) is 7.11. The Kier molecular flexibility index (Phi) is 5.46. The third-order valence-electron chi connectivity index (χ3n) is 7.54. The molecule has 0 radical (unpaired) electrons. The highest BCUT2D eigenvalue weighted by Gasteiger charge is 2.66. The molecule has 1 aromatic carbocycles. The minimum atomic E-state index is -1.36. The molecule has 0 aromatic heterocycles. The van der Waals surface area contributed by atoms with E-state index in [1.807, 2.05) is 6.92 Å². The van der Waals surface area contributed by atoms with Crippen molar-refractivity contribution in [2.45, 2.75) is 70.3 Å². The summed E-state index contributed by atoms with van der Waals surface area (Å²) in [5, 5.41) is 0. The number of rotatable bonds is 7. The van der Waals surface area contributed by atoms with Gasteiger partial charge in [0.15, 0.2) is 11.5 Å². The second kappa shape index (κ2) is 7.55. The first-order valence-electron chi connectivity index (χ1n) is 11.4. The Labute approximate surface area is 182 Å². The number of carbonyl (C=O) groups excluding carboxylic acids is 1. The molecule has 0 saturated heterocycles. The number of benzene rings is 1. The van der Waals surface area contributed by atoms with E-state index in [1.165, 1.54) is 35.6 Å². The van der Waals surface area contributed by atoms with E-state index in [0.717, 1.165) is 37.3 Å². The van der Waals surface area contributed by atoms with Gasteiger partial charge in [0.1, 0.15) is 0 Å². The van der Waals surface area contributed by atoms with Gasteiger partial charge in [-0.2, -0.15) is 0 Å². The molecule has 3 aliphatic rings. The highest BCUT2D eigenvalue weighted by molar-refractivity contribution is 6.76.